The summed E-state index contributed by atoms with van der Waals surface area (Å²) in [6.07, 6.45) is 2.93. The SMILES string of the molecule is COc1cc2c(cc1OC)-c1c(ccn1CC(C)N=[N+]=[N-])C2. The maximum atomic E-state index is 8.56. The third kappa shape index (κ3) is 2.27. The number of azide groups is 1. The van der Waals surface area contributed by atoms with Crippen molar-refractivity contribution in [1.29, 1.82) is 0 Å². The summed E-state index contributed by atoms with van der Waals surface area (Å²) in [4.78, 5) is 2.88. The number of ether oxygens (including phenoxy) is 2. The zero-order chi connectivity index (χ0) is 15.7. The Labute approximate surface area is 128 Å². The Bertz CT molecular complexity index is 760. The third-order valence-electron chi connectivity index (χ3n) is 4.00. The minimum atomic E-state index is -0.0920. The molecule has 0 bridgehead atoms. The molecule has 0 saturated carbocycles. The number of hydrogen-bond acceptors (Lipinski definition) is 3. The van der Waals surface area contributed by atoms with E-state index in [0.29, 0.717) is 6.54 Å². The van der Waals surface area contributed by atoms with Crippen molar-refractivity contribution in [3.8, 4) is 22.8 Å². The van der Waals surface area contributed by atoms with Gasteiger partial charge in [-0.1, -0.05) is 12.0 Å². The molecule has 1 aromatic heterocycles. The van der Waals surface area contributed by atoms with Gasteiger partial charge >= 0.3 is 0 Å². The van der Waals surface area contributed by atoms with Gasteiger partial charge in [0.25, 0.3) is 0 Å². The largest absolute Gasteiger partial charge is 0.493 e. The molecule has 6 heteroatoms. The molecule has 2 aromatic rings. The first-order chi connectivity index (χ1) is 10.7. The van der Waals surface area contributed by atoms with E-state index in [1.165, 1.54) is 16.8 Å². The summed E-state index contributed by atoms with van der Waals surface area (Å²) in [6.45, 7) is 2.57. The van der Waals surface area contributed by atoms with Gasteiger partial charge in [-0.3, -0.25) is 0 Å². The Balaban J connectivity index is 2.04. The van der Waals surface area contributed by atoms with E-state index in [4.69, 9.17) is 15.0 Å². The summed E-state index contributed by atoms with van der Waals surface area (Å²) < 4.78 is 12.9. The van der Waals surface area contributed by atoms with Crippen LogP contribution in [0, 0.1) is 0 Å². The Morgan fingerprint density at radius 2 is 2.00 bits per heavy atom. The van der Waals surface area contributed by atoms with Gasteiger partial charge in [-0.25, -0.2) is 0 Å². The van der Waals surface area contributed by atoms with Crippen LogP contribution in [0.3, 0.4) is 0 Å². The highest BCUT2D eigenvalue weighted by Crippen LogP contribution is 2.43. The van der Waals surface area contributed by atoms with Crippen LogP contribution in [0.2, 0.25) is 0 Å². The summed E-state index contributed by atoms with van der Waals surface area (Å²) in [5.74, 6) is 1.48. The van der Waals surface area contributed by atoms with Gasteiger partial charge in [0.1, 0.15) is 0 Å². The van der Waals surface area contributed by atoms with Gasteiger partial charge in [0.05, 0.1) is 26.0 Å². The smallest absolute Gasteiger partial charge is 0.161 e. The zero-order valence-electron chi connectivity index (χ0n) is 12.9. The monoisotopic (exact) mass is 298 g/mol. The molecule has 22 heavy (non-hydrogen) atoms. The second-order valence-corrected chi connectivity index (χ2v) is 5.44. The van der Waals surface area contributed by atoms with Crippen LogP contribution in [-0.2, 0) is 13.0 Å². The lowest BCUT2D eigenvalue weighted by atomic mass is 10.1. The van der Waals surface area contributed by atoms with E-state index >= 15 is 0 Å². The van der Waals surface area contributed by atoms with Crippen molar-refractivity contribution in [1.82, 2.24) is 4.57 Å². The molecule has 1 atom stereocenters. The average Bonchev–Trinajstić information content (AvgIpc) is 3.05. The molecule has 0 aliphatic heterocycles. The van der Waals surface area contributed by atoms with Crippen LogP contribution in [0.15, 0.2) is 29.5 Å². The van der Waals surface area contributed by atoms with Gasteiger partial charge in [0, 0.05) is 29.6 Å². The lowest BCUT2D eigenvalue weighted by Crippen LogP contribution is -2.09. The number of rotatable bonds is 5. The standard InChI is InChI=1S/C16H18N4O2/c1-10(18-19-17)9-20-5-4-11-6-12-7-14(21-2)15(22-3)8-13(12)16(11)20/h4-5,7-8,10H,6,9H2,1-3H3. The van der Waals surface area contributed by atoms with Crippen molar-refractivity contribution in [3.63, 3.8) is 0 Å². The van der Waals surface area contributed by atoms with E-state index in [2.05, 4.69) is 20.7 Å². The van der Waals surface area contributed by atoms with Crippen LogP contribution < -0.4 is 9.47 Å². The number of fused-ring (bicyclic) bond motifs is 3. The van der Waals surface area contributed by atoms with Crippen molar-refractivity contribution in [2.75, 3.05) is 14.2 Å². The van der Waals surface area contributed by atoms with E-state index in [1.54, 1.807) is 14.2 Å². The van der Waals surface area contributed by atoms with Crippen LogP contribution in [0.25, 0.3) is 21.7 Å². The highest BCUT2D eigenvalue weighted by atomic mass is 16.5. The molecular formula is C16H18N4O2. The molecule has 1 aliphatic rings. The minimum Gasteiger partial charge on any atom is -0.493 e. The van der Waals surface area contributed by atoms with E-state index in [9.17, 15) is 0 Å². The Morgan fingerprint density at radius 3 is 2.68 bits per heavy atom. The van der Waals surface area contributed by atoms with E-state index in [1.807, 2.05) is 25.3 Å². The summed E-state index contributed by atoms with van der Waals surface area (Å²) in [6, 6.07) is 6.09. The number of nitrogens with zero attached hydrogens (tertiary/aromatic N) is 4. The molecular weight excluding hydrogens is 280 g/mol. The normalized spacial score (nSPS) is 13.0. The van der Waals surface area contributed by atoms with Gasteiger partial charge in [-0.15, -0.1) is 0 Å². The molecule has 1 heterocycles. The van der Waals surface area contributed by atoms with E-state index < -0.39 is 0 Å². The summed E-state index contributed by atoms with van der Waals surface area (Å²) in [5, 5.41) is 3.76. The predicted octanol–water partition coefficient (Wildman–Crippen LogP) is 3.78. The van der Waals surface area contributed by atoms with Crippen molar-refractivity contribution in [2.45, 2.75) is 25.9 Å². The second kappa shape index (κ2) is 5.66. The number of benzene rings is 1. The molecule has 3 rings (SSSR count). The molecule has 0 fully saturated rings. The first kappa shape index (κ1) is 14.4. The van der Waals surface area contributed by atoms with Crippen LogP contribution >= 0.6 is 0 Å². The molecule has 114 valence electrons. The van der Waals surface area contributed by atoms with Crippen LogP contribution in [0.4, 0.5) is 0 Å². The maximum Gasteiger partial charge on any atom is 0.161 e. The zero-order valence-corrected chi connectivity index (χ0v) is 12.9. The van der Waals surface area contributed by atoms with Gasteiger partial charge in [0.15, 0.2) is 11.5 Å². The molecule has 6 nitrogen and oxygen atoms in total. The van der Waals surface area contributed by atoms with Crippen molar-refractivity contribution in [3.05, 3.63) is 46.0 Å². The van der Waals surface area contributed by atoms with Gasteiger partial charge < -0.3 is 14.0 Å². The number of methoxy groups -OCH3 is 2. The van der Waals surface area contributed by atoms with Crippen molar-refractivity contribution in [2.24, 2.45) is 5.11 Å². The summed E-state index contributed by atoms with van der Waals surface area (Å²) in [5.41, 5.74) is 13.4. The molecule has 0 N–H and O–H groups in total. The Morgan fingerprint density at radius 1 is 1.27 bits per heavy atom. The van der Waals surface area contributed by atoms with Crippen LogP contribution in [0.1, 0.15) is 18.1 Å². The minimum absolute atomic E-state index is 0.0920. The molecule has 1 unspecified atom stereocenters. The van der Waals surface area contributed by atoms with Crippen molar-refractivity contribution < 1.29 is 9.47 Å². The summed E-state index contributed by atoms with van der Waals surface area (Å²) in [7, 11) is 3.29. The number of hydrogen-bond donors (Lipinski definition) is 0. The quantitative estimate of drug-likeness (QED) is 0.408. The van der Waals surface area contributed by atoms with E-state index in [-0.39, 0.29) is 6.04 Å². The fourth-order valence-electron chi connectivity index (χ4n) is 3.04. The molecule has 0 spiro atoms. The van der Waals surface area contributed by atoms with E-state index in [0.717, 1.165) is 23.5 Å². The third-order valence-corrected chi connectivity index (χ3v) is 4.00. The lowest BCUT2D eigenvalue weighted by molar-refractivity contribution is 0.355. The highest BCUT2D eigenvalue weighted by molar-refractivity contribution is 5.77. The molecule has 0 saturated heterocycles. The van der Waals surface area contributed by atoms with Gasteiger partial charge in [-0.2, -0.15) is 0 Å². The van der Waals surface area contributed by atoms with Gasteiger partial charge in [-0.05, 0) is 34.9 Å². The molecule has 1 aromatic carbocycles. The average molecular weight is 298 g/mol. The fraction of sp³-hybridized carbons (Fsp3) is 0.375. The van der Waals surface area contributed by atoms with Gasteiger partial charge in [0.2, 0.25) is 0 Å². The fourth-order valence-corrected chi connectivity index (χ4v) is 3.04. The first-order valence-electron chi connectivity index (χ1n) is 7.15. The Kier molecular flexibility index (Phi) is 3.69. The molecule has 0 radical (unpaired) electrons. The van der Waals surface area contributed by atoms with Crippen molar-refractivity contribution >= 4 is 0 Å². The topological polar surface area (TPSA) is 72.2 Å². The predicted molar refractivity (Wildman–Crippen MR) is 84.4 cm³/mol. The Hall–Kier alpha value is -2.59. The van der Waals surface area contributed by atoms with Crippen LogP contribution in [0.5, 0.6) is 11.5 Å². The lowest BCUT2D eigenvalue weighted by Gasteiger charge is -2.14. The molecule has 0 amide bonds. The number of aromatic nitrogens is 1. The first-order valence-corrected chi connectivity index (χ1v) is 7.15. The highest BCUT2D eigenvalue weighted by Gasteiger charge is 2.25. The van der Waals surface area contributed by atoms with Crippen LogP contribution in [-0.4, -0.2) is 24.8 Å². The maximum absolute atomic E-state index is 8.56. The molecule has 1 aliphatic carbocycles. The second-order valence-electron chi connectivity index (χ2n) is 5.44. The summed E-state index contributed by atoms with van der Waals surface area (Å²) >= 11 is 0.